The molecule has 0 spiro atoms. The number of benzene rings is 2. The average molecular weight is 448 g/mol. The van der Waals surface area contributed by atoms with Crippen molar-refractivity contribution in [2.45, 2.75) is 4.90 Å². The summed E-state index contributed by atoms with van der Waals surface area (Å²) >= 11 is 0. The van der Waals surface area contributed by atoms with Crippen LogP contribution in [0.1, 0.15) is 10.4 Å². The Kier molecular flexibility index (Phi) is 5.74. The summed E-state index contributed by atoms with van der Waals surface area (Å²) in [5.41, 5.74) is 7.76. The van der Waals surface area contributed by atoms with Gasteiger partial charge < -0.3 is 16.0 Å². The lowest BCUT2D eigenvalue weighted by Crippen LogP contribution is -2.25. The zero-order chi connectivity index (χ0) is 22.7. The number of hydrogen-bond donors (Lipinski definition) is 2. The van der Waals surface area contributed by atoms with Gasteiger partial charge in [-0.05, 0) is 48.5 Å². The molecule has 8 nitrogen and oxygen atoms in total. The molecule has 32 heavy (non-hydrogen) atoms. The number of nitrogens with two attached hydrogens (primary N) is 1. The Balaban J connectivity index is 1.55. The monoisotopic (exact) mass is 447 g/mol. The van der Waals surface area contributed by atoms with E-state index in [0.717, 1.165) is 5.56 Å². The van der Waals surface area contributed by atoms with E-state index in [0.29, 0.717) is 29.4 Å². The highest BCUT2D eigenvalue weighted by molar-refractivity contribution is 7.95. The quantitative estimate of drug-likeness (QED) is 0.596. The van der Waals surface area contributed by atoms with Crippen molar-refractivity contribution in [3.05, 3.63) is 89.6 Å². The van der Waals surface area contributed by atoms with Gasteiger partial charge in [0.25, 0.3) is 0 Å². The van der Waals surface area contributed by atoms with Gasteiger partial charge in [0.15, 0.2) is 0 Å². The third kappa shape index (κ3) is 4.37. The number of amides is 1. The van der Waals surface area contributed by atoms with Gasteiger partial charge in [0.1, 0.15) is 5.03 Å². The van der Waals surface area contributed by atoms with E-state index in [2.05, 4.69) is 15.3 Å². The first-order chi connectivity index (χ1) is 15.3. The van der Waals surface area contributed by atoms with E-state index >= 15 is 0 Å². The molecule has 1 aliphatic rings. The van der Waals surface area contributed by atoms with Crippen LogP contribution in [0.2, 0.25) is 0 Å². The van der Waals surface area contributed by atoms with Crippen LogP contribution in [0.3, 0.4) is 0 Å². The van der Waals surface area contributed by atoms with E-state index in [1.807, 2.05) is 6.08 Å². The predicted molar refractivity (Wildman–Crippen MR) is 123 cm³/mol. The number of aromatic nitrogens is 2. The molecule has 4 rings (SSSR count). The molecule has 1 amide bonds. The predicted octanol–water partition coefficient (Wildman–Crippen LogP) is 3.10. The third-order valence-electron chi connectivity index (χ3n) is 4.95. The largest absolute Gasteiger partial charge is 0.366 e. The van der Waals surface area contributed by atoms with Gasteiger partial charge in [-0.1, -0.05) is 24.3 Å². The maximum Gasteiger partial charge on any atom is 0.248 e. The zero-order valence-corrected chi connectivity index (χ0v) is 18.1. The zero-order valence-electron chi connectivity index (χ0n) is 17.3. The van der Waals surface area contributed by atoms with Crippen LogP contribution in [0.5, 0.6) is 0 Å². The normalized spacial score (nSPS) is 13.5. The lowest BCUT2D eigenvalue weighted by molar-refractivity contribution is 0.100. The number of carbonyl (C=O) groups is 1. The minimum atomic E-state index is -3.61. The number of hydrogen-bond acceptors (Lipinski definition) is 7. The van der Waals surface area contributed by atoms with E-state index in [1.165, 1.54) is 0 Å². The van der Waals surface area contributed by atoms with Crippen LogP contribution >= 0.6 is 0 Å². The van der Waals surface area contributed by atoms with Crippen molar-refractivity contribution >= 4 is 27.4 Å². The first kappa shape index (κ1) is 21.3. The molecule has 0 bridgehead atoms. The number of primary amides is 1. The van der Waals surface area contributed by atoms with E-state index in [1.54, 1.807) is 84.9 Å². The van der Waals surface area contributed by atoms with Crippen molar-refractivity contribution in [3.63, 3.8) is 0 Å². The molecule has 2 heterocycles. The van der Waals surface area contributed by atoms with Crippen molar-refractivity contribution in [1.29, 1.82) is 0 Å². The Morgan fingerprint density at radius 3 is 2.44 bits per heavy atom. The van der Waals surface area contributed by atoms with E-state index in [4.69, 9.17) is 5.73 Å². The van der Waals surface area contributed by atoms with E-state index in [9.17, 15) is 13.2 Å². The van der Waals surface area contributed by atoms with Crippen LogP contribution in [-0.4, -0.2) is 42.8 Å². The van der Waals surface area contributed by atoms with Gasteiger partial charge in [0.2, 0.25) is 21.7 Å². The highest BCUT2D eigenvalue weighted by Crippen LogP contribution is 2.26. The molecule has 3 N–H and O–H groups in total. The summed E-state index contributed by atoms with van der Waals surface area (Å²) in [6.45, 7) is 0.547. The van der Waals surface area contributed by atoms with Crippen molar-refractivity contribution < 1.29 is 13.2 Å². The highest BCUT2D eigenvalue weighted by Gasteiger charge is 2.24. The molecular formula is C23H21N5O3S. The number of allylic oxidation sites excluding steroid dienone is 2. The van der Waals surface area contributed by atoms with Crippen LogP contribution in [0, 0.1) is 0 Å². The Morgan fingerprint density at radius 1 is 1.06 bits per heavy atom. The summed E-state index contributed by atoms with van der Waals surface area (Å²) in [5.74, 6) is -0.130. The second-order valence-electron chi connectivity index (χ2n) is 7.17. The van der Waals surface area contributed by atoms with Gasteiger partial charge in [0.05, 0.1) is 10.6 Å². The molecular weight excluding hydrogens is 426 g/mol. The average Bonchev–Trinajstić information content (AvgIpc) is 2.80. The van der Waals surface area contributed by atoms with Gasteiger partial charge in [-0.3, -0.25) is 4.79 Å². The fourth-order valence-corrected chi connectivity index (χ4v) is 4.71. The lowest BCUT2D eigenvalue weighted by Gasteiger charge is -2.23. The maximum atomic E-state index is 13.0. The minimum Gasteiger partial charge on any atom is -0.366 e. The van der Waals surface area contributed by atoms with Gasteiger partial charge in [-0.2, -0.15) is 0 Å². The fraction of sp³-hybridized carbons (Fsp3) is 0.0870. The smallest absolute Gasteiger partial charge is 0.248 e. The topological polar surface area (TPSA) is 118 Å². The van der Waals surface area contributed by atoms with E-state index < -0.39 is 15.7 Å². The van der Waals surface area contributed by atoms with Crippen molar-refractivity contribution in [3.8, 4) is 11.3 Å². The van der Waals surface area contributed by atoms with Crippen LogP contribution in [0.25, 0.3) is 11.3 Å². The van der Waals surface area contributed by atoms with Crippen LogP contribution in [0.15, 0.2) is 88.9 Å². The molecule has 0 aliphatic carbocycles. The summed E-state index contributed by atoms with van der Waals surface area (Å²) in [4.78, 5) is 21.8. The maximum absolute atomic E-state index is 13.0. The van der Waals surface area contributed by atoms with Gasteiger partial charge in [-0.25, -0.2) is 18.4 Å². The van der Waals surface area contributed by atoms with Crippen LogP contribution in [0.4, 0.5) is 11.6 Å². The molecule has 0 saturated heterocycles. The molecule has 0 atom stereocenters. The molecule has 0 saturated carbocycles. The SMILES string of the molecule is CN1CC=CC=C1S(=O)(=O)c1ccc(-c2ccnc(Nc3ccc(C(N)=O)cc3)n2)cc1. The molecule has 1 aliphatic heterocycles. The number of nitrogens with one attached hydrogen (secondary N) is 1. The second kappa shape index (κ2) is 8.64. The number of nitrogens with zero attached hydrogens (tertiary/aromatic N) is 3. The molecule has 0 unspecified atom stereocenters. The standard InChI is InChI=1S/C23H21N5O3S/c1-28-15-3-2-4-21(28)32(30,31)19-11-7-16(8-12-19)20-13-14-25-23(27-20)26-18-9-5-17(6-10-18)22(24)29/h2-14H,15H2,1H3,(H2,24,29)(H,25,26,27). The second-order valence-corrected chi connectivity index (χ2v) is 9.07. The Morgan fingerprint density at radius 2 is 1.78 bits per heavy atom. The van der Waals surface area contributed by atoms with Crippen LogP contribution in [-0.2, 0) is 9.84 Å². The lowest BCUT2D eigenvalue weighted by atomic mass is 10.1. The molecule has 162 valence electrons. The van der Waals surface area contributed by atoms with Gasteiger partial charge >= 0.3 is 0 Å². The number of sulfone groups is 1. The summed E-state index contributed by atoms with van der Waals surface area (Å²) < 4.78 is 25.9. The van der Waals surface area contributed by atoms with Gasteiger partial charge in [0, 0.05) is 36.6 Å². The summed E-state index contributed by atoms with van der Waals surface area (Å²) in [5, 5.41) is 3.34. The van der Waals surface area contributed by atoms with Crippen molar-refractivity contribution in [2.75, 3.05) is 18.9 Å². The number of carbonyl (C=O) groups excluding carboxylic acids is 1. The highest BCUT2D eigenvalue weighted by atomic mass is 32.2. The number of rotatable bonds is 6. The Bertz CT molecular complexity index is 1310. The summed E-state index contributed by atoms with van der Waals surface area (Å²) in [7, 11) is -1.86. The van der Waals surface area contributed by atoms with Crippen LogP contribution < -0.4 is 11.1 Å². The summed E-state index contributed by atoms with van der Waals surface area (Å²) in [6, 6.07) is 15.0. The number of likely N-dealkylation sites (N-methyl/N-ethyl adjacent to an activating group) is 1. The van der Waals surface area contributed by atoms with Crippen molar-refractivity contribution in [2.24, 2.45) is 5.73 Å². The molecule has 2 aromatic carbocycles. The first-order valence-electron chi connectivity index (χ1n) is 9.78. The molecule has 3 aromatic rings. The molecule has 1 aromatic heterocycles. The summed E-state index contributed by atoms with van der Waals surface area (Å²) in [6.07, 6.45) is 6.86. The van der Waals surface area contributed by atoms with Crippen molar-refractivity contribution in [1.82, 2.24) is 14.9 Å². The van der Waals surface area contributed by atoms with Gasteiger partial charge in [-0.15, -0.1) is 0 Å². The Hall–Kier alpha value is -3.98. The number of anilines is 2. The fourth-order valence-electron chi connectivity index (χ4n) is 3.23. The first-order valence-corrected chi connectivity index (χ1v) is 11.3. The Labute approximate surface area is 186 Å². The van der Waals surface area contributed by atoms with E-state index in [-0.39, 0.29) is 9.92 Å². The third-order valence-corrected chi connectivity index (χ3v) is 6.84. The molecule has 0 radical (unpaired) electrons. The molecule has 0 fully saturated rings. The minimum absolute atomic E-state index is 0.219. The molecule has 9 heteroatoms.